The second-order valence-electron chi connectivity index (χ2n) is 4.30. The van der Waals surface area contributed by atoms with E-state index >= 15 is 0 Å². The highest BCUT2D eigenvalue weighted by Crippen LogP contribution is 2.23. The number of aromatic nitrogens is 2. The molecule has 0 aliphatic carbocycles. The van der Waals surface area contributed by atoms with Gasteiger partial charge < -0.3 is 0 Å². The number of rotatable bonds is 2. The number of hydrogen-bond acceptors (Lipinski definition) is 2. The molecule has 2 aromatic carbocycles. The van der Waals surface area contributed by atoms with Crippen molar-refractivity contribution >= 4 is 23.2 Å². The minimum atomic E-state index is 0.704. The van der Waals surface area contributed by atoms with Gasteiger partial charge in [-0.25, -0.2) is 4.98 Å². The highest BCUT2D eigenvalue weighted by atomic mass is 35.5. The zero-order valence-electron chi connectivity index (χ0n) is 10.4. The van der Waals surface area contributed by atoms with Crippen LogP contribution in [0.15, 0.2) is 60.9 Å². The Morgan fingerprint density at radius 2 is 1.00 bits per heavy atom. The highest BCUT2D eigenvalue weighted by Gasteiger charge is 2.04. The molecular formula is C16H10Cl2N2. The SMILES string of the molecule is Clc1ccc(-c2cncc(-c3ccc(Cl)cc3)n2)cc1. The summed E-state index contributed by atoms with van der Waals surface area (Å²) in [6.07, 6.45) is 3.48. The molecule has 0 saturated heterocycles. The van der Waals surface area contributed by atoms with Gasteiger partial charge in [-0.15, -0.1) is 0 Å². The van der Waals surface area contributed by atoms with Crippen LogP contribution in [-0.4, -0.2) is 9.97 Å². The van der Waals surface area contributed by atoms with Gasteiger partial charge in [0, 0.05) is 21.2 Å². The van der Waals surface area contributed by atoms with Crippen LogP contribution >= 0.6 is 23.2 Å². The molecule has 1 heterocycles. The van der Waals surface area contributed by atoms with Crippen LogP contribution in [0.25, 0.3) is 22.5 Å². The van der Waals surface area contributed by atoms with Crippen molar-refractivity contribution in [2.45, 2.75) is 0 Å². The monoisotopic (exact) mass is 300 g/mol. The molecule has 0 N–H and O–H groups in total. The van der Waals surface area contributed by atoms with Gasteiger partial charge in [-0.2, -0.15) is 0 Å². The topological polar surface area (TPSA) is 25.8 Å². The fourth-order valence-electron chi connectivity index (χ4n) is 1.89. The number of hydrogen-bond donors (Lipinski definition) is 0. The lowest BCUT2D eigenvalue weighted by Gasteiger charge is -2.04. The molecule has 0 aliphatic heterocycles. The van der Waals surface area contributed by atoms with Gasteiger partial charge in [-0.1, -0.05) is 47.5 Å². The molecule has 0 fully saturated rings. The fraction of sp³-hybridized carbons (Fsp3) is 0. The van der Waals surface area contributed by atoms with E-state index in [1.165, 1.54) is 0 Å². The smallest absolute Gasteiger partial charge is 0.0892 e. The molecule has 1 aromatic heterocycles. The standard InChI is InChI=1S/C16H10Cl2N2/c17-13-5-1-11(2-6-13)15-9-19-10-16(20-15)12-3-7-14(18)8-4-12/h1-10H. The van der Waals surface area contributed by atoms with Gasteiger partial charge in [-0.05, 0) is 24.3 Å². The maximum Gasteiger partial charge on any atom is 0.0892 e. The van der Waals surface area contributed by atoms with E-state index in [-0.39, 0.29) is 0 Å². The van der Waals surface area contributed by atoms with Crippen molar-refractivity contribution in [2.75, 3.05) is 0 Å². The Labute approximate surface area is 127 Å². The van der Waals surface area contributed by atoms with Gasteiger partial charge >= 0.3 is 0 Å². The molecule has 0 spiro atoms. The van der Waals surface area contributed by atoms with Crippen molar-refractivity contribution in [3.05, 3.63) is 71.0 Å². The van der Waals surface area contributed by atoms with E-state index in [2.05, 4.69) is 9.97 Å². The van der Waals surface area contributed by atoms with Gasteiger partial charge in [0.2, 0.25) is 0 Å². The zero-order valence-corrected chi connectivity index (χ0v) is 11.9. The van der Waals surface area contributed by atoms with Gasteiger partial charge in [0.05, 0.1) is 23.8 Å². The molecule has 4 heteroatoms. The molecule has 20 heavy (non-hydrogen) atoms. The molecule has 98 valence electrons. The predicted octanol–water partition coefficient (Wildman–Crippen LogP) is 5.12. The second-order valence-corrected chi connectivity index (χ2v) is 5.18. The zero-order chi connectivity index (χ0) is 13.9. The minimum Gasteiger partial charge on any atom is -0.260 e. The van der Waals surface area contributed by atoms with Crippen LogP contribution in [0.4, 0.5) is 0 Å². The summed E-state index contributed by atoms with van der Waals surface area (Å²) in [6.45, 7) is 0. The summed E-state index contributed by atoms with van der Waals surface area (Å²) in [5, 5.41) is 1.41. The largest absolute Gasteiger partial charge is 0.260 e. The van der Waals surface area contributed by atoms with E-state index in [1.54, 1.807) is 12.4 Å². The summed E-state index contributed by atoms with van der Waals surface area (Å²) in [6, 6.07) is 15.1. The van der Waals surface area contributed by atoms with Gasteiger partial charge in [0.25, 0.3) is 0 Å². The molecule has 0 unspecified atom stereocenters. The van der Waals surface area contributed by atoms with Crippen LogP contribution in [0.3, 0.4) is 0 Å². The summed E-state index contributed by atoms with van der Waals surface area (Å²) in [5.74, 6) is 0. The molecular weight excluding hydrogens is 291 g/mol. The maximum atomic E-state index is 5.89. The Hall–Kier alpha value is -1.90. The highest BCUT2D eigenvalue weighted by molar-refractivity contribution is 6.30. The summed E-state index contributed by atoms with van der Waals surface area (Å²) >= 11 is 11.8. The number of benzene rings is 2. The van der Waals surface area contributed by atoms with E-state index in [0.29, 0.717) is 10.0 Å². The average molecular weight is 301 g/mol. The van der Waals surface area contributed by atoms with Crippen LogP contribution in [0.5, 0.6) is 0 Å². The van der Waals surface area contributed by atoms with Crippen LogP contribution in [0.1, 0.15) is 0 Å². The van der Waals surface area contributed by atoms with E-state index in [0.717, 1.165) is 22.5 Å². The van der Waals surface area contributed by atoms with Crippen LogP contribution < -0.4 is 0 Å². The van der Waals surface area contributed by atoms with Gasteiger partial charge in [0.1, 0.15) is 0 Å². The predicted molar refractivity (Wildman–Crippen MR) is 82.9 cm³/mol. The van der Waals surface area contributed by atoms with Crippen molar-refractivity contribution in [1.82, 2.24) is 9.97 Å². The lowest BCUT2D eigenvalue weighted by molar-refractivity contribution is 1.21. The fourth-order valence-corrected chi connectivity index (χ4v) is 2.14. The molecule has 2 nitrogen and oxygen atoms in total. The summed E-state index contributed by atoms with van der Waals surface area (Å²) in [4.78, 5) is 8.88. The van der Waals surface area contributed by atoms with Crippen LogP contribution in [0.2, 0.25) is 10.0 Å². The van der Waals surface area contributed by atoms with Crippen molar-refractivity contribution in [3.8, 4) is 22.5 Å². The first-order valence-electron chi connectivity index (χ1n) is 6.06. The number of halogens is 2. The Morgan fingerprint density at radius 1 is 0.600 bits per heavy atom. The summed E-state index contributed by atoms with van der Waals surface area (Å²) < 4.78 is 0. The molecule has 0 radical (unpaired) electrons. The molecule has 0 atom stereocenters. The quantitative estimate of drug-likeness (QED) is 0.656. The van der Waals surface area contributed by atoms with E-state index in [1.807, 2.05) is 48.5 Å². The molecule has 3 aromatic rings. The third-order valence-electron chi connectivity index (χ3n) is 2.91. The van der Waals surface area contributed by atoms with Crippen molar-refractivity contribution in [1.29, 1.82) is 0 Å². The first-order chi connectivity index (χ1) is 9.72. The van der Waals surface area contributed by atoms with Crippen LogP contribution in [-0.2, 0) is 0 Å². The molecule has 0 bridgehead atoms. The van der Waals surface area contributed by atoms with Crippen molar-refractivity contribution < 1.29 is 0 Å². The Morgan fingerprint density at radius 3 is 1.40 bits per heavy atom. The summed E-state index contributed by atoms with van der Waals surface area (Å²) in [5.41, 5.74) is 3.60. The molecule has 0 amide bonds. The van der Waals surface area contributed by atoms with Crippen molar-refractivity contribution in [3.63, 3.8) is 0 Å². The van der Waals surface area contributed by atoms with Gasteiger partial charge in [0.15, 0.2) is 0 Å². The Balaban J connectivity index is 2.01. The lowest BCUT2D eigenvalue weighted by Crippen LogP contribution is -1.90. The summed E-state index contributed by atoms with van der Waals surface area (Å²) in [7, 11) is 0. The van der Waals surface area contributed by atoms with Crippen LogP contribution in [0, 0.1) is 0 Å². The normalized spacial score (nSPS) is 10.5. The third-order valence-corrected chi connectivity index (χ3v) is 3.42. The molecule has 3 rings (SSSR count). The van der Waals surface area contributed by atoms with E-state index in [4.69, 9.17) is 23.2 Å². The average Bonchev–Trinajstić information content (AvgIpc) is 2.49. The van der Waals surface area contributed by atoms with Gasteiger partial charge in [-0.3, -0.25) is 4.98 Å². The first-order valence-corrected chi connectivity index (χ1v) is 6.82. The molecule has 0 saturated carbocycles. The molecule has 0 aliphatic rings. The van der Waals surface area contributed by atoms with E-state index in [9.17, 15) is 0 Å². The Kier molecular flexibility index (Phi) is 3.68. The third kappa shape index (κ3) is 2.82. The first kappa shape index (κ1) is 13.1. The second kappa shape index (κ2) is 5.61. The Bertz CT molecular complexity index is 661. The number of nitrogens with zero attached hydrogens (tertiary/aromatic N) is 2. The van der Waals surface area contributed by atoms with E-state index < -0.39 is 0 Å². The minimum absolute atomic E-state index is 0.704. The lowest BCUT2D eigenvalue weighted by atomic mass is 10.1. The maximum absolute atomic E-state index is 5.89. The van der Waals surface area contributed by atoms with Crippen molar-refractivity contribution in [2.24, 2.45) is 0 Å².